The van der Waals surface area contributed by atoms with Gasteiger partial charge in [-0.1, -0.05) is 6.07 Å². The topological polar surface area (TPSA) is 128 Å². The van der Waals surface area contributed by atoms with E-state index in [1.807, 2.05) is 34.1 Å². The largest absolute Gasteiger partial charge is 0.382 e. The average molecular weight is 472 g/mol. The lowest BCUT2D eigenvalue weighted by Gasteiger charge is -2.30. The van der Waals surface area contributed by atoms with Gasteiger partial charge < -0.3 is 15.4 Å². The summed E-state index contributed by atoms with van der Waals surface area (Å²) in [5, 5.41) is 4.35. The second-order valence-corrected chi connectivity index (χ2v) is 10.1. The van der Waals surface area contributed by atoms with Gasteiger partial charge in [-0.15, -0.1) is 0 Å². The first-order chi connectivity index (χ1) is 15.6. The van der Waals surface area contributed by atoms with Gasteiger partial charge in [0.2, 0.25) is 10.0 Å². The summed E-state index contributed by atoms with van der Waals surface area (Å²) in [6.07, 6.45) is 3.21. The molecule has 3 aromatic rings. The van der Waals surface area contributed by atoms with E-state index in [2.05, 4.69) is 19.7 Å². The van der Waals surface area contributed by atoms with Gasteiger partial charge in [0.15, 0.2) is 0 Å². The molecule has 1 aromatic carbocycles. The van der Waals surface area contributed by atoms with Crippen molar-refractivity contribution in [3.05, 3.63) is 41.9 Å². The first kappa shape index (κ1) is 23.3. The predicted octanol–water partition coefficient (Wildman–Crippen LogP) is 1.35. The number of aryl methyl sites for hydroxylation is 3. The highest BCUT2D eigenvalue weighted by Gasteiger charge is 2.22. The van der Waals surface area contributed by atoms with Crippen molar-refractivity contribution in [1.82, 2.24) is 29.4 Å². The molecule has 33 heavy (non-hydrogen) atoms. The van der Waals surface area contributed by atoms with Crippen LogP contribution < -0.4 is 10.5 Å². The molecule has 1 atom stereocenters. The molecule has 1 saturated heterocycles. The van der Waals surface area contributed by atoms with Crippen molar-refractivity contribution in [1.29, 1.82) is 0 Å². The second-order valence-electron chi connectivity index (χ2n) is 8.37. The molecule has 10 nitrogen and oxygen atoms in total. The fourth-order valence-electron chi connectivity index (χ4n) is 3.88. The van der Waals surface area contributed by atoms with Gasteiger partial charge in [0.1, 0.15) is 11.5 Å². The van der Waals surface area contributed by atoms with Crippen molar-refractivity contribution in [3.8, 4) is 22.5 Å². The number of sulfonamides is 1. The van der Waals surface area contributed by atoms with E-state index in [1.165, 1.54) is 0 Å². The van der Waals surface area contributed by atoms with Crippen LogP contribution in [0.1, 0.15) is 11.3 Å². The van der Waals surface area contributed by atoms with Crippen molar-refractivity contribution >= 4 is 15.8 Å². The van der Waals surface area contributed by atoms with E-state index >= 15 is 0 Å². The normalized spacial score (nSPS) is 17.4. The van der Waals surface area contributed by atoms with Gasteiger partial charge in [0, 0.05) is 44.0 Å². The number of anilines is 1. The van der Waals surface area contributed by atoms with Gasteiger partial charge in [-0.25, -0.2) is 23.1 Å². The number of nitrogens with one attached hydrogen (secondary N) is 1. The zero-order valence-electron chi connectivity index (χ0n) is 19.2. The van der Waals surface area contributed by atoms with Gasteiger partial charge in [0.05, 0.1) is 35.2 Å². The molecule has 2 aromatic heterocycles. The molecule has 3 N–H and O–H groups in total. The van der Waals surface area contributed by atoms with Crippen LogP contribution >= 0.6 is 0 Å². The third-order valence-corrected chi connectivity index (χ3v) is 7.13. The lowest BCUT2D eigenvalue weighted by atomic mass is 10.1. The van der Waals surface area contributed by atoms with E-state index in [-0.39, 0.29) is 23.4 Å². The van der Waals surface area contributed by atoms with Gasteiger partial charge in [-0.3, -0.25) is 4.68 Å². The van der Waals surface area contributed by atoms with Crippen LogP contribution in [0.25, 0.3) is 22.5 Å². The number of benzene rings is 1. The van der Waals surface area contributed by atoms with Crippen molar-refractivity contribution < 1.29 is 13.2 Å². The lowest BCUT2D eigenvalue weighted by molar-refractivity contribution is -0.0156. The van der Waals surface area contributed by atoms with E-state index in [1.54, 1.807) is 29.1 Å². The van der Waals surface area contributed by atoms with E-state index in [0.29, 0.717) is 30.1 Å². The summed E-state index contributed by atoms with van der Waals surface area (Å²) in [5.74, 6) is 0.287. The molecule has 1 aliphatic rings. The Kier molecular flexibility index (Phi) is 6.48. The summed E-state index contributed by atoms with van der Waals surface area (Å²) in [7, 11) is 0.0835. The van der Waals surface area contributed by atoms with Crippen LogP contribution in [-0.4, -0.2) is 72.5 Å². The number of rotatable bonds is 6. The minimum Gasteiger partial charge on any atom is -0.382 e. The number of nitrogen functional groups attached to an aromatic ring is 1. The molecule has 1 fully saturated rings. The van der Waals surface area contributed by atoms with Crippen molar-refractivity contribution in [2.24, 2.45) is 7.05 Å². The highest BCUT2D eigenvalue weighted by Crippen LogP contribution is 2.30. The van der Waals surface area contributed by atoms with Crippen LogP contribution in [0.5, 0.6) is 0 Å². The zero-order valence-corrected chi connectivity index (χ0v) is 20.1. The maximum absolute atomic E-state index is 13.0. The summed E-state index contributed by atoms with van der Waals surface area (Å²) in [6, 6.07) is 4.97. The summed E-state index contributed by atoms with van der Waals surface area (Å²) < 4.78 is 36.0. The zero-order chi connectivity index (χ0) is 23.8. The van der Waals surface area contributed by atoms with Crippen LogP contribution in [0.15, 0.2) is 35.5 Å². The smallest absolute Gasteiger partial charge is 0.240 e. The number of nitrogens with two attached hydrogens (primary N) is 1. The number of morpholine rings is 1. The molecule has 0 radical (unpaired) electrons. The first-order valence-corrected chi connectivity index (χ1v) is 12.2. The maximum atomic E-state index is 13.0. The van der Waals surface area contributed by atoms with Gasteiger partial charge in [-0.05, 0) is 38.6 Å². The minimum absolute atomic E-state index is 0.157. The molecule has 11 heteroatoms. The van der Waals surface area contributed by atoms with Crippen LogP contribution in [-0.2, 0) is 21.8 Å². The molecule has 1 unspecified atom stereocenters. The molecule has 0 bridgehead atoms. The number of ether oxygens (including phenoxy) is 1. The van der Waals surface area contributed by atoms with E-state index in [0.717, 1.165) is 23.4 Å². The Balaban J connectivity index is 1.63. The van der Waals surface area contributed by atoms with Crippen LogP contribution in [0, 0.1) is 13.8 Å². The average Bonchev–Trinajstić information content (AvgIpc) is 3.11. The van der Waals surface area contributed by atoms with Crippen LogP contribution in [0.3, 0.4) is 0 Å². The van der Waals surface area contributed by atoms with Gasteiger partial charge >= 0.3 is 0 Å². The SMILES string of the molecule is Cc1ccc(S(=O)(=O)NCC2CN(C)CCO2)cc1-c1cnc(N)c(-c2cn(C)nc2C)n1. The molecular weight excluding hydrogens is 442 g/mol. The molecule has 0 spiro atoms. The Morgan fingerprint density at radius 2 is 2.03 bits per heavy atom. The molecule has 1 aliphatic heterocycles. The molecule has 176 valence electrons. The summed E-state index contributed by atoms with van der Waals surface area (Å²) in [4.78, 5) is 11.3. The number of hydrogen-bond acceptors (Lipinski definition) is 8. The first-order valence-electron chi connectivity index (χ1n) is 10.7. The number of nitrogens with zero attached hydrogens (tertiary/aromatic N) is 5. The number of hydrogen-bond donors (Lipinski definition) is 2. The molecule has 0 saturated carbocycles. The third-order valence-electron chi connectivity index (χ3n) is 5.71. The second kappa shape index (κ2) is 9.18. The Morgan fingerprint density at radius 3 is 2.73 bits per heavy atom. The summed E-state index contributed by atoms with van der Waals surface area (Å²) >= 11 is 0. The van der Waals surface area contributed by atoms with Crippen molar-refractivity contribution in [2.75, 3.05) is 39.0 Å². The van der Waals surface area contributed by atoms with E-state index in [4.69, 9.17) is 15.5 Å². The summed E-state index contributed by atoms with van der Waals surface area (Å²) in [5.41, 5.74) is 10.3. The fraction of sp³-hybridized carbons (Fsp3) is 0.409. The van der Waals surface area contributed by atoms with Crippen molar-refractivity contribution in [3.63, 3.8) is 0 Å². The number of likely N-dealkylation sites (N-methyl/N-ethyl adjacent to an activating group) is 1. The van der Waals surface area contributed by atoms with Gasteiger partial charge in [0.25, 0.3) is 0 Å². The Hall–Kier alpha value is -2.86. The monoisotopic (exact) mass is 471 g/mol. The number of aromatic nitrogens is 4. The molecular formula is C22H29N7O3S. The lowest BCUT2D eigenvalue weighted by Crippen LogP contribution is -2.45. The van der Waals surface area contributed by atoms with E-state index in [9.17, 15) is 8.42 Å². The standard InChI is InChI=1S/C22H29N7O3S/c1-14-5-6-17(33(30,31)25-10-16-12-28(3)7-8-32-16)9-18(14)20-11-24-22(23)21(26-20)19-13-29(4)27-15(19)2/h5-6,9,11,13,16,25H,7-8,10,12H2,1-4H3,(H2,23,24). The predicted molar refractivity (Wildman–Crippen MR) is 126 cm³/mol. The molecule has 0 aliphatic carbocycles. The quantitative estimate of drug-likeness (QED) is 0.551. The Morgan fingerprint density at radius 1 is 1.24 bits per heavy atom. The van der Waals surface area contributed by atoms with Crippen LogP contribution in [0.2, 0.25) is 0 Å². The molecule has 4 rings (SSSR count). The van der Waals surface area contributed by atoms with Crippen LogP contribution in [0.4, 0.5) is 5.82 Å². The third kappa shape index (κ3) is 5.06. The fourth-order valence-corrected chi connectivity index (χ4v) is 4.97. The molecule has 0 amide bonds. The Labute approximate surface area is 193 Å². The maximum Gasteiger partial charge on any atom is 0.240 e. The summed E-state index contributed by atoms with van der Waals surface area (Å²) in [6.45, 7) is 6.10. The van der Waals surface area contributed by atoms with Crippen molar-refractivity contribution in [2.45, 2.75) is 24.8 Å². The minimum atomic E-state index is -3.73. The highest BCUT2D eigenvalue weighted by molar-refractivity contribution is 7.89. The highest BCUT2D eigenvalue weighted by atomic mass is 32.2. The van der Waals surface area contributed by atoms with Gasteiger partial charge in [-0.2, -0.15) is 5.10 Å². The molecule has 3 heterocycles. The Bertz CT molecular complexity index is 1270. The van der Waals surface area contributed by atoms with E-state index < -0.39 is 10.0 Å².